The molecule has 0 atom stereocenters. The molecule has 1 rings (SSSR count). The van der Waals surface area contributed by atoms with Gasteiger partial charge in [0.05, 0.1) is 12.7 Å². The van der Waals surface area contributed by atoms with Crippen LogP contribution in [0.15, 0.2) is 24.3 Å². The van der Waals surface area contributed by atoms with Crippen molar-refractivity contribution in [2.75, 3.05) is 25.5 Å². The van der Waals surface area contributed by atoms with Crippen LogP contribution in [0.5, 0.6) is 0 Å². The number of hydrogen-bond acceptors (Lipinski definition) is 4. The van der Waals surface area contributed by atoms with Gasteiger partial charge in [0.1, 0.15) is 0 Å². The van der Waals surface area contributed by atoms with Crippen LogP contribution in [0, 0.1) is 0 Å². The molecule has 0 saturated heterocycles. The summed E-state index contributed by atoms with van der Waals surface area (Å²) in [6, 6.07) is 7.10. The number of methoxy groups -OCH3 is 1. The number of anilines is 1. The lowest BCUT2D eigenvalue weighted by molar-refractivity contribution is -0.120. The van der Waals surface area contributed by atoms with E-state index < -0.39 is 0 Å². The van der Waals surface area contributed by atoms with E-state index in [0.717, 1.165) is 25.8 Å². The van der Waals surface area contributed by atoms with E-state index in [1.165, 1.54) is 7.11 Å². The second-order valence-corrected chi connectivity index (χ2v) is 4.77. The first-order chi connectivity index (χ1) is 10.2. The highest BCUT2D eigenvalue weighted by molar-refractivity contribution is 5.95. The number of carbonyl (C=O) groups is 2. The molecule has 0 unspecified atom stereocenters. The number of para-hydroxylation sites is 1. The summed E-state index contributed by atoms with van der Waals surface area (Å²) >= 11 is 0. The lowest BCUT2D eigenvalue weighted by Crippen LogP contribution is -2.26. The summed E-state index contributed by atoms with van der Waals surface area (Å²) in [5.74, 6) is -0.365. The minimum atomic E-state index is -0.387. The molecule has 0 aliphatic heterocycles. The number of nitrogens with one attached hydrogen (secondary N) is 2. The zero-order chi connectivity index (χ0) is 15.5. The van der Waals surface area contributed by atoms with Gasteiger partial charge in [0, 0.05) is 25.2 Å². The van der Waals surface area contributed by atoms with Crippen molar-refractivity contribution >= 4 is 17.6 Å². The maximum absolute atomic E-state index is 11.6. The summed E-state index contributed by atoms with van der Waals surface area (Å²) < 4.78 is 4.72. The molecular formula is C16H24N2O3. The number of carbonyl (C=O) groups excluding carboxylic acids is 2. The van der Waals surface area contributed by atoms with Crippen molar-refractivity contribution < 1.29 is 14.3 Å². The number of benzene rings is 1. The molecule has 0 aliphatic carbocycles. The quantitative estimate of drug-likeness (QED) is 0.542. The standard InChI is InChI=1S/C16H24N2O3/c1-3-4-7-11-18-15(19)10-12-17-14-9-6-5-8-13(14)16(20)21-2/h5-6,8-9,17H,3-4,7,10-12H2,1-2H3,(H,18,19). The van der Waals surface area contributed by atoms with Crippen molar-refractivity contribution in [3.8, 4) is 0 Å². The minimum absolute atomic E-state index is 0.0224. The van der Waals surface area contributed by atoms with Crippen LogP contribution in [0.25, 0.3) is 0 Å². The average molecular weight is 292 g/mol. The van der Waals surface area contributed by atoms with Crippen LogP contribution in [-0.4, -0.2) is 32.1 Å². The number of esters is 1. The Morgan fingerprint density at radius 3 is 2.62 bits per heavy atom. The van der Waals surface area contributed by atoms with E-state index >= 15 is 0 Å². The van der Waals surface area contributed by atoms with Gasteiger partial charge in [0.25, 0.3) is 0 Å². The van der Waals surface area contributed by atoms with Crippen LogP contribution in [0.1, 0.15) is 43.0 Å². The molecule has 0 spiro atoms. The molecule has 0 aliphatic rings. The average Bonchev–Trinajstić information content (AvgIpc) is 2.51. The minimum Gasteiger partial charge on any atom is -0.465 e. The van der Waals surface area contributed by atoms with E-state index in [1.807, 2.05) is 6.07 Å². The van der Waals surface area contributed by atoms with Gasteiger partial charge in [-0.25, -0.2) is 4.79 Å². The lowest BCUT2D eigenvalue weighted by atomic mass is 10.2. The van der Waals surface area contributed by atoms with E-state index in [2.05, 4.69) is 17.6 Å². The Balaban J connectivity index is 2.35. The van der Waals surface area contributed by atoms with Gasteiger partial charge in [-0.05, 0) is 18.6 Å². The Labute approximate surface area is 126 Å². The predicted molar refractivity (Wildman–Crippen MR) is 83.4 cm³/mol. The van der Waals surface area contributed by atoms with Gasteiger partial charge < -0.3 is 15.4 Å². The van der Waals surface area contributed by atoms with Crippen LogP contribution in [0.2, 0.25) is 0 Å². The molecule has 1 aromatic carbocycles. The first kappa shape index (κ1) is 17.0. The molecule has 1 aromatic rings. The second-order valence-electron chi connectivity index (χ2n) is 4.77. The maximum atomic E-state index is 11.6. The van der Waals surface area contributed by atoms with Crippen LogP contribution in [0.3, 0.4) is 0 Å². The molecule has 0 radical (unpaired) electrons. The topological polar surface area (TPSA) is 67.4 Å². The molecule has 1 amide bonds. The number of ether oxygens (including phenoxy) is 1. The Kier molecular flexibility index (Phi) is 7.94. The smallest absolute Gasteiger partial charge is 0.339 e. The molecule has 5 nitrogen and oxygen atoms in total. The molecule has 2 N–H and O–H groups in total. The van der Waals surface area contributed by atoms with Gasteiger partial charge in [0.2, 0.25) is 5.91 Å². The van der Waals surface area contributed by atoms with Crippen molar-refractivity contribution in [3.63, 3.8) is 0 Å². The van der Waals surface area contributed by atoms with Crippen molar-refractivity contribution in [1.82, 2.24) is 5.32 Å². The van der Waals surface area contributed by atoms with Crippen LogP contribution in [-0.2, 0) is 9.53 Å². The molecule has 116 valence electrons. The van der Waals surface area contributed by atoms with E-state index in [4.69, 9.17) is 4.74 Å². The van der Waals surface area contributed by atoms with Crippen molar-refractivity contribution in [2.24, 2.45) is 0 Å². The number of unbranched alkanes of at least 4 members (excludes halogenated alkanes) is 2. The monoisotopic (exact) mass is 292 g/mol. The van der Waals surface area contributed by atoms with Gasteiger partial charge in [-0.2, -0.15) is 0 Å². The number of amides is 1. The Morgan fingerprint density at radius 2 is 1.90 bits per heavy atom. The highest BCUT2D eigenvalue weighted by Crippen LogP contribution is 2.15. The molecule has 0 aromatic heterocycles. The Bertz CT molecular complexity index is 461. The van der Waals surface area contributed by atoms with Gasteiger partial charge in [-0.1, -0.05) is 31.9 Å². The van der Waals surface area contributed by atoms with Crippen LogP contribution in [0.4, 0.5) is 5.69 Å². The van der Waals surface area contributed by atoms with E-state index in [1.54, 1.807) is 18.2 Å². The van der Waals surface area contributed by atoms with Gasteiger partial charge in [-0.15, -0.1) is 0 Å². The lowest BCUT2D eigenvalue weighted by Gasteiger charge is -2.10. The van der Waals surface area contributed by atoms with Crippen molar-refractivity contribution in [3.05, 3.63) is 29.8 Å². The zero-order valence-electron chi connectivity index (χ0n) is 12.8. The summed E-state index contributed by atoms with van der Waals surface area (Å²) in [6.45, 7) is 3.34. The molecule has 0 heterocycles. The first-order valence-electron chi connectivity index (χ1n) is 7.37. The van der Waals surface area contributed by atoms with E-state index in [0.29, 0.717) is 24.2 Å². The highest BCUT2D eigenvalue weighted by Gasteiger charge is 2.10. The molecule has 0 fully saturated rings. The molecule has 21 heavy (non-hydrogen) atoms. The predicted octanol–water partition coefficient (Wildman–Crippen LogP) is 2.58. The fourth-order valence-electron chi connectivity index (χ4n) is 1.93. The van der Waals surface area contributed by atoms with Gasteiger partial charge in [0.15, 0.2) is 0 Å². The summed E-state index contributed by atoms with van der Waals surface area (Å²) in [5.41, 5.74) is 1.16. The normalized spacial score (nSPS) is 10.0. The SMILES string of the molecule is CCCCCNC(=O)CCNc1ccccc1C(=O)OC. The first-order valence-corrected chi connectivity index (χ1v) is 7.37. The molecule has 0 bridgehead atoms. The number of rotatable bonds is 9. The van der Waals surface area contributed by atoms with Gasteiger partial charge in [-0.3, -0.25) is 4.79 Å². The summed E-state index contributed by atoms with van der Waals surface area (Å²) in [6.07, 6.45) is 3.66. The highest BCUT2D eigenvalue weighted by atomic mass is 16.5. The molecule has 0 saturated carbocycles. The van der Waals surface area contributed by atoms with Gasteiger partial charge >= 0.3 is 5.97 Å². The summed E-state index contributed by atoms with van der Waals surface area (Å²) in [4.78, 5) is 23.2. The van der Waals surface area contributed by atoms with E-state index in [-0.39, 0.29) is 11.9 Å². The third kappa shape index (κ3) is 6.29. The Morgan fingerprint density at radius 1 is 1.14 bits per heavy atom. The third-order valence-electron chi connectivity index (χ3n) is 3.10. The van der Waals surface area contributed by atoms with Crippen LogP contribution < -0.4 is 10.6 Å². The fourth-order valence-corrected chi connectivity index (χ4v) is 1.93. The maximum Gasteiger partial charge on any atom is 0.339 e. The second kappa shape index (κ2) is 9.80. The van der Waals surface area contributed by atoms with Crippen molar-refractivity contribution in [1.29, 1.82) is 0 Å². The Hall–Kier alpha value is -2.04. The fraction of sp³-hybridized carbons (Fsp3) is 0.500. The summed E-state index contributed by atoms with van der Waals surface area (Å²) in [7, 11) is 1.35. The van der Waals surface area contributed by atoms with Crippen LogP contribution >= 0.6 is 0 Å². The zero-order valence-corrected chi connectivity index (χ0v) is 12.8. The molecular weight excluding hydrogens is 268 g/mol. The van der Waals surface area contributed by atoms with E-state index in [9.17, 15) is 9.59 Å². The van der Waals surface area contributed by atoms with Crippen molar-refractivity contribution in [2.45, 2.75) is 32.6 Å². The largest absolute Gasteiger partial charge is 0.465 e. The summed E-state index contributed by atoms with van der Waals surface area (Å²) in [5, 5.41) is 5.98. The number of hydrogen-bond donors (Lipinski definition) is 2. The molecule has 5 heteroatoms. The third-order valence-corrected chi connectivity index (χ3v) is 3.10.